The fourth-order valence-corrected chi connectivity index (χ4v) is 3.57. The fraction of sp³-hybridized carbons (Fsp3) is 0.455. The third-order valence-electron chi connectivity index (χ3n) is 5.11. The number of ether oxygens (including phenoxy) is 2. The number of methoxy groups -OCH3 is 1. The summed E-state index contributed by atoms with van der Waals surface area (Å²) in [5.74, 6) is -0.521. The third-order valence-corrected chi connectivity index (χ3v) is 5.11. The molecule has 1 aromatic carbocycles. The first-order valence-electron chi connectivity index (χ1n) is 10.5. The van der Waals surface area contributed by atoms with E-state index in [0.29, 0.717) is 24.4 Å². The van der Waals surface area contributed by atoms with Crippen molar-refractivity contribution < 1.29 is 24.2 Å². The molecule has 178 valence electrons. The van der Waals surface area contributed by atoms with Gasteiger partial charge in [-0.15, -0.1) is 0 Å². The molecule has 1 aliphatic heterocycles. The molecule has 4 N–H and O–H groups in total. The van der Waals surface area contributed by atoms with E-state index in [0.717, 1.165) is 6.42 Å². The number of hydrogen-bond donors (Lipinski definition) is 3. The molecular weight excluding hydrogens is 428 g/mol. The van der Waals surface area contributed by atoms with E-state index in [2.05, 4.69) is 15.3 Å². The van der Waals surface area contributed by atoms with Crippen molar-refractivity contribution in [2.75, 3.05) is 36.7 Å². The van der Waals surface area contributed by atoms with E-state index < -0.39 is 23.8 Å². The first-order chi connectivity index (χ1) is 15.5. The zero-order valence-corrected chi connectivity index (χ0v) is 19.5. The minimum absolute atomic E-state index is 0.110. The monoisotopic (exact) mass is 458 g/mol. The maximum Gasteiger partial charge on any atom is 0.411 e. The molecule has 1 aromatic heterocycles. The van der Waals surface area contributed by atoms with Gasteiger partial charge in [0.05, 0.1) is 12.8 Å². The molecule has 1 unspecified atom stereocenters. The Morgan fingerprint density at radius 1 is 1.27 bits per heavy atom. The molecule has 2 heterocycles. The van der Waals surface area contributed by atoms with Crippen LogP contribution in [0.2, 0.25) is 0 Å². The summed E-state index contributed by atoms with van der Waals surface area (Å²) in [6.07, 6.45) is 0.574. The number of hydrogen-bond acceptors (Lipinski definition) is 9. The molecule has 1 fully saturated rings. The minimum atomic E-state index is -1.29. The maximum absolute atomic E-state index is 12.7. The molecule has 0 bridgehead atoms. The molecule has 2 aromatic rings. The van der Waals surface area contributed by atoms with Crippen LogP contribution in [0.1, 0.15) is 44.1 Å². The SMILES string of the molecule is COc1ccccc1Nc1nc(N(C)C2CCCN2C(=O)OC(C)(C)C)nc(C(=O)O)c1N. The Hall–Kier alpha value is -3.76. The number of para-hydroxylation sites is 2. The molecule has 1 atom stereocenters. The number of nitrogens with two attached hydrogens (primary N) is 1. The lowest BCUT2D eigenvalue weighted by Gasteiger charge is -2.34. The first-order valence-corrected chi connectivity index (χ1v) is 10.5. The van der Waals surface area contributed by atoms with Gasteiger partial charge in [-0.3, -0.25) is 4.90 Å². The van der Waals surface area contributed by atoms with Gasteiger partial charge in [0.15, 0.2) is 11.5 Å². The number of carboxylic acids is 1. The highest BCUT2D eigenvalue weighted by atomic mass is 16.6. The Labute approximate surface area is 192 Å². The number of likely N-dealkylation sites (tertiary alicyclic amines) is 1. The second-order valence-electron chi connectivity index (χ2n) is 8.67. The Morgan fingerprint density at radius 3 is 2.61 bits per heavy atom. The predicted molar refractivity (Wildman–Crippen MR) is 124 cm³/mol. The summed E-state index contributed by atoms with van der Waals surface area (Å²) in [4.78, 5) is 36.5. The van der Waals surface area contributed by atoms with Gasteiger partial charge in [0.25, 0.3) is 0 Å². The highest BCUT2D eigenvalue weighted by molar-refractivity contribution is 5.95. The van der Waals surface area contributed by atoms with Gasteiger partial charge in [-0.05, 0) is 45.7 Å². The number of rotatable bonds is 6. The standard InChI is InChI=1S/C22H30N6O5/c1-22(2,3)33-21(31)28-12-8-11-15(28)27(4)20-25-17(19(29)30)16(23)18(26-20)24-13-9-6-7-10-14(13)32-5/h6-7,9-10,15H,8,11-12,23H2,1-5H3,(H,29,30)(H,24,25,26). The smallest absolute Gasteiger partial charge is 0.411 e. The van der Waals surface area contributed by atoms with Gasteiger partial charge in [-0.1, -0.05) is 12.1 Å². The van der Waals surface area contributed by atoms with Crippen LogP contribution in [0.4, 0.5) is 27.9 Å². The summed E-state index contributed by atoms with van der Waals surface area (Å²) in [6.45, 7) is 5.92. The van der Waals surface area contributed by atoms with Crippen LogP contribution >= 0.6 is 0 Å². The molecule has 1 aliphatic rings. The van der Waals surface area contributed by atoms with Gasteiger partial charge < -0.3 is 30.5 Å². The molecule has 0 aliphatic carbocycles. The van der Waals surface area contributed by atoms with Gasteiger partial charge in [0.1, 0.15) is 23.2 Å². The number of aromatic carboxylic acids is 1. The zero-order valence-electron chi connectivity index (χ0n) is 19.5. The van der Waals surface area contributed by atoms with E-state index in [4.69, 9.17) is 15.2 Å². The van der Waals surface area contributed by atoms with Gasteiger partial charge in [-0.25, -0.2) is 14.6 Å². The van der Waals surface area contributed by atoms with Gasteiger partial charge in [-0.2, -0.15) is 4.98 Å². The maximum atomic E-state index is 12.7. The quantitative estimate of drug-likeness (QED) is 0.590. The Balaban J connectivity index is 1.96. The summed E-state index contributed by atoms with van der Waals surface area (Å²) < 4.78 is 10.9. The van der Waals surface area contributed by atoms with Crippen LogP contribution in [0.3, 0.4) is 0 Å². The number of carbonyl (C=O) groups is 2. The van der Waals surface area contributed by atoms with Crippen molar-refractivity contribution in [3.05, 3.63) is 30.0 Å². The third kappa shape index (κ3) is 5.36. The van der Waals surface area contributed by atoms with E-state index in [1.165, 1.54) is 7.11 Å². The lowest BCUT2D eigenvalue weighted by molar-refractivity contribution is 0.0225. The molecule has 0 radical (unpaired) electrons. The summed E-state index contributed by atoms with van der Waals surface area (Å²) >= 11 is 0. The van der Waals surface area contributed by atoms with E-state index in [1.807, 2.05) is 0 Å². The van der Waals surface area contributed by atoms with Crippen molar-refractivity contribution in [2.24, 2.45) is 0 Å². The summed E-state index contributed by atoms with van der Waals surface area (Å²) in [6, 6.07) is 7.11. The second kappa shape index (κ2) is 9.39. The first kappa shape index (κ1) is 23.9. The van der Waals surface area contributed by atoms with Crippen molar-refractivity contribution in [3.8, 4) is 5.75 Å². The lowest BCUT2D eigenvalue weighted by atomic mass is 10.2. The molecule has 11 heteroatoms. The van der Waals surface area contributed by atoms with Crippen LogP contribution in [0.5, 0.6) is 5.75 Å². The van der Waals surface area contributed by atoms with Crippen molar-refractivity contribution in [1.82, 2.24) is 14.9 Å². The predicted octanol–water partition coefficient (Wildman–Crippen LogP) is 3.30. The second-order valence-corrected chi connectivity index (χ2v) is 8.67. The molecule has 33 heavy (non-hydrogen) atoms. The number of carboxylic acid groups (broad SMARTS) is 1. The minimum Gasteiger partial charge on any atom is -0.495 e. The van der Waals surface area contributed by atoms with Gasteiger partial charge >= 0.3 is 12.1 Å². The topological polar surface area (TPSA) is 143 Å². The Bertz CT molecular complexity index is 1040. The number of anilines is 4. The average molecular weight is 459 g/mol. The van der Waals surface area contributed by atoms with Crippen LogP contribution in [-0.4, -0.2) is 64.5 Å². The number of nitrogens with one attached hydrogen (secondary N) is 1. The zero-order chi connectivity index (χ0) is 24.3. The largest absolute Gasteiger partial charge is 0.495 e. The van der Waals surface area contributed by atoms with Crippen molar-refractivity contribution in [1.29, 1.82) is 0 Å². The summed E-state index contributed by atoms with van der Waals surface area (Å²) in [5, 5.41) is 12.7. The number of benzene rings is 1. The molecule has 0 saturated carbocycles. The lowest BCUT2D eigenvalue weighted by Crippen LogP contribution is -2.48. The van der Waals surface area contributed by atoms with Gasteiger partial charge in [0, 0.05) is 13.6 Å². The van der Waals surface area contributed by atoms with Crippen LogP contribution in [0.15, 0.2) is 24.3 Å². The molecule has 1 amide bonds. The van der Waals surface area contributed by atoms with Crippen LogP contribution in [0.25, 0.3) is 0 Å². The fourth-order valence-electron chi connectivity index (χ4n) is 3.57. The van der Waals surface area contributed by atoms with E-state index >= 15 is 0 Å². The number of aromatic nitrogens is 2. The van der Waals surface area contributed by atoms with Crippen molar-refractivity contribution in [2.45, 2.75) is 45.4 Å². The van der Waals surface area contributed by atoms with E-state index in [-0.39, 0.29) is 23.1 Å². The van der Waals surface area contributed by atoms with E-state index in [1.54, 1.807) is 61.9 Å². The molecule has 1 saturated heterocycles. The van der Waals surface area contributed by atoms with Crippen LogP contribution in [0, 0.1) is 0 Å². The number of nitrogen functional groups attached to an aromatic ring is 1. The van der Waals surface area contributed by atoms with Crippen LogP contribution < -0.4 is 20.7 Å². The summed E-state index contributed by atoms with van der Waals surface area (Å²) in [7, 11) is 3.23. The normalized spacial score (nSPS) is 15.8. The van der Waals surface area contributed by atoms with Crippen molar-refractivity contribution >= 4 is 35.2 Å². The summed E-state index contributed by atoms with van der Waals surface area (Å²) in [5.41, 5.74) is 5.55. The van der Waals surface area contributed by atoms with Gasteiger partial charge in [0.2, 0.25) is 5.95 Å². The molecule has 3 rings (SSSR count). The number of nitrogens with zero attached hydrogens (tertiary/aromatic N) is 4. The number of carbonyl (C=O) groups excluding carboxylic acids is 1. The molecular formula is C22H30N6O5. The highest BCUT2D eigenvalue weighted by Gasteiger charge is 2.36. The average Bonchev–Trinajstić information content (AvgIpc) is 3.23. The van der Waals surface area contributed by atoms with Crippen molar-refractivity contribution in [3.63, 3.8) is 0 Å². The van der Waals surface area contributed by atoms with E-state index in [9.17, 15) is 14.7 Å². The van der Waals surface area contributed by atoms with Crippen LogP contribution in [-0.2, 0) is 4.74 Å². The molecule has 0 spiro atoms. The molecule has 11 nitrogen and oxygen atoms in total. The number of amides is 1. The highest BCUT2D eigenvalue weighted by Crippen LogP contribution is 2.32. The Morgan fingerprint density at radius 2 is 1.97 bits per heavy atom. The Kier molecular flexibility index (Phi) is 6.80.